The van der Waals surface area contributed by atoms with Gasteiger partial charge in [-0.1, -0.05) is 16.8 Å². The van der Waals surface area contributed by atoms with Crippen molar-refractivity contribution in [3.05, 3.63) is 70.4 Å². The lowest BCUT2D eigenvalue weighted by Crippen LogP contribution is -2.50. The molecule has 204 valence electrons. The topological polar surface area (TPSA) is 97.0 Å². The number of alkyl halides is 1. The van der Waals surface area contributed by atoms with E-state index in [0.717, 1.165) is 5.56 Å². The lowest BCUT2D eigenvalue weighted by molar-refractivity contribution is -0.130. The highest BCUT2D eigenvalue weighted by atomic mass is 35.5. The summed E-state index contributed by atoms with van der Waals surface area (Å²) in [6, 6.07) is 9.06. The fraction of sp³-hybridized carbons (Fsp3) is 0.296. The number of amides is 1. The van der Waals surface area contributed by atoms with Crippen LogP contribution in [0.25, 0.3) is 16.8 Å². The molecule has 1 aliphatic heterocycles. The Morgan fingerprint density at radius 1 is 1.26 bits per heavy atom. The number of allylic oxidation sites excluding steroid dienone is 3. The highest BCUT2D eigenvalue weighted by molar-refractivity contribution is 6.33. The molecule has 0 N–H and O–H groups in total. The molecule has 0 bridgehead atoms. The number of anilines is 1. The summed E-state index contributed by atoms with van der Waals surface area (Å²) in [5.41, 5.74) is 3.31. The second-order valence-electron chi connectivity index (χ2n) is 8.73. The maximum Gasteiger partial charge on any atom is 0.240 e. The number of hydrogen-bond acceptors (Lipinski definition) is 8. The first kappa shape index (κ1) is 28.6. The normalized spacial score (nSPS) is 15.3. The van der Waals surface area contributed by atoms with Crippen LogP contribution < -0.4 is 9.64 Å². The van der Waals surface area contributed by atoms with Crippen LogP contribution in [0.2, 0.25) is 5.22 Å². The van der Waals surface area contributed by atoms with Crippen LogP contribution in [-0.2, 0) is 11.4 Å². The predicted molar refractivity (Wildman–Crippen MR) is 155 cm³/mol. The van der Waals surface area contributed by atoms with Crippen LogP contribution >= 0.6 is 34.8 Å². The molecule has 0 saturated carbocycles. The summed E-state index contributed by atoms with van der Waals surface area (Å²) in [5, 5.41) is 4.00. The molecule has 1 fully saturated rings. The molecule has 3 heterocycles. The molecule has 0 aliphatic carbocycles. The molecule has 0 spiro atoms. The van der Waals surface area contributed by atoms with E-state index in [9.17, 15) is 4.79 Å². The van der Waals surface area contributed by atoms with E-state index in [1.807, 2.05) is 24.3 Å². The number of halogens is 3. The van der Waals surface area contributed by atoms with Gasteiger partial charge in [-0.25, -0.2) is 4.98 Å². The number of ether oxygens (including phenoxy) is 1. The molecule has 1 aliphatic rings. The molecule has 0 radical (unpaired) electrons. The number of carbonyl (C=O) groups excluding carboxylic acids is 1. The van der Waals surface area contributed by atoms with Crippen molar-refractivity contribution in [1.29, 1.82) is 0 Å². The molecule has 9 nitrogen and oxygen atoms in total. The molecule has 1 atom stereocenters. The van der Waals surface area contributed by atoms with Crippen molar-refractivity contribution in [3.8, 4) is 17.0 Å². The Morgan fingerprint density at radius 3 is 2.56 bits per heavy atom. The van der Waals surface area contributed by atoms with Gasteiger partial charge in [-0.15, -0.1) is 11.6 Å². The highest BCUT2D eigenvalue weighted by Gasteiger charge is 2.25. The quantitative estimate of drug-likeness (QED) is 0.176. The smallest absolute Gasteiger partial charge is 0.240 e. The summed E-state index contributed by atoms with van der Waals surface area (Å²) in [6.07, 6.45) is 5.05. The summed E-state index contributed by atoms with van der Waals surface area (Å²) in [6.45, 7) is 9.52. The molecule has 3 aromatic rings. The minimum atomic E-state index is -0.551. The third kappa shape index (κ3) is 7.17. The van der Waals surface area contributed by atoms with E-state index in [2.05, 4.69) is 21.8 Å². The number of carbonyl (C=O) groups is 1. The van der Waals surface area contributed by atoms with Crippen molar-refractivity contribution in [2.75, 3.05) is 31.1 Å². The van der Waals surface area contributed by atoms with E-state index in [1.54, 1.807) is 43.3 Å². The Labute approximate surface area is 241 Å². The van der Waals surface area contributed by atoms with E-state index in [0.29, 0.717) is 65.4 Å². The predicted octanol–water partition coefficient (Wildman–Crippen LogP) is 5.82. The van der Waals surface area contributed by atoms with Crippen molar-refractivity contribution in [3.63, 3.8) is 0 Å². The molecule has 12 heteroatoms. The molecule has 1 unspecified atom stereocenters. The van der Waals surface area contributed by atoms with E-state index in [4.69, 9.17) is 54.0 Å². The first-order valence-electron chi connectivity index (χ1n) is 12.1. The zero-order valence-electron chi connectivity index (χ0n) is 21.5. The number of piperazine rings is 1. The largest absolute Gasteiger partial charge is 0.487 e. The molecule has 2 aromatic heterocycles. The standard InChI is InChI=1S/C27H27Cl3N6O3/c1-17(28)22(8-9-31-3)26-25(19-4-6-21(7-5-19)38-16-20-14-23(30)39-34-20)32-15-24(33-26)35-10-12-36(13-11-35)27(37)18(2)29/h4-9,14-15,18H,3,10-13,16H2,1-2H3/b9-8-,22-17-. The number of aromatic nitrogens is 3. The van der Waals surface area contributed by atoms with Crippen molar-refractivity contribution >= 4 is 58.8 Å². The zero-order chi connectivity index (χ0) is 27.9. The Balaban J connectivity index is 1.61. The van der Waals surface area contributed by atoms with Crippen molar-refractivity contribution in [1.82, 2.24) is 20.0 Å². The highest BCUT2D eigenvalue weighted by Crippen LogP contribution is 2.32. The van der Waals surface area contributed by atoms with Crippen molar-refractivity contribution in [2.45, 2.75) is 25.8 Å². The van der Waals surface area contributed by atoms with Crippen LogP contribution in [0, 0.1) is 0 Å². The third-order valence-corrected chi connectivity index (χ3v) is 6.60. The van der Waals surface area contributed by atoms with Gasteiger partial charge in [0.15, 0.2) is 0 Å². The van der Waals surface area contributed by atoms with Gasteiger partial charge in [-0.2, -0.15) is 0 Å². The molecular formula is C27H27Cl3N6O3. The summed E-state index contributed by atoms with van der Waals surface area (Å²) >= 11 is 18.3. The molecule has 1 aromatic carbocycles. The Hall–Kier alpha value is -3.40. The maximum absolute atomic E-state index is 12.3. The fourth-order valence-corrected chi connectivity index (χ4v) is 4.49. The maximum atomic E-state index is 12.3. The van der Waals surface area contributed by atoms with Gasteiger partial charge < -0.3 is 19.1 Å². The summed E-state index contributed by atoms with van der Waals surface area (Å²) in [4.78, 5) is 29.7. The fourth-order valence-electron chi connectivity index (χ4n) is 4.04. The Kier molecular flexibility index (Phi) is 9.61. The second-order valence-corrected chi connectivity index (χ2v) is 10.3. The number of rotatable bonds is 9. The van der Waals surface area contributed by atoms with Crippen molar-refractivity contribution < 1.29 is 14.1 Å². The average Bonchev–Trinajstić information content (AvgIpc) is 3.36. The number of benzene rings is 1. The van der Waals surface area contributed by atoms with Gasteiger partial charge in [0.05, 0.1) is 11.9 Å². The summed E-state index contributed by atoms with van der Waals surface area (Å²) in [5.74, 6) is 1.25. The monoisotopic (exact) mass is 588 g/mol. The van der Waals surface area contributed by atoms with Crippen LogP contribution in [-0.4, -0.2) is 64.2 Å². The molecule has 1 amide bonds. The van der Waals surface area contributed by atoms with Gasteiger partial charge >= 0.3 is 0 Å². The van der Waals surface area contributed by atoms with Gasteiger partial charge in [0.2, 0.25) is 11.1 Å². The van der Waals surface area contributed by atoms with Gasteiger partial charge in [0, 0.05) is 54.6 Å². The molecule has 39 heavy (non-hydrogen) atoms. The average molecular weight is 590 g/mol. The van der Waals surface area contributed by atoms with E-state index in [1.165, 1.54) is 0 Å². The summed E-state index contributed by atoms with van der Waals surface area (Å²) in [7, 11) is 0. The number of nitrogens with zero attached hydrogens (tertiary/aromatic N) is 6. The Morgan fingerprint density at radius 2 is 1.97 bits per heavy atom. The minimum absolute atomic E-state index is 0.0688. The first-order chi connectivity index (χ1) is 18.8. The van der Waals surface area contributed by atoms with Gasteiger partial charge in [-0.05, 0) is 62.5 Å². The van der Waals surface area contributed by atoms with Crippen LogP contribution in [0.15, 0.2) is 63.4 Å². The molecule has 1 saturated heterocycles. The van der Waals surface area contributed by atoms with Crippen LogP contribution in [0.4, 0.5) is 5.82 Å². The number of aliphatic imine (C=N–C) groups is 1. The molecular weight excluding hydrogens is 563 g/mol. The lowest BCUT2D eigenvalue weighted by Gasteiger charge is -2.36. The van der Waals surface area contributed by atoms with E-state index < -0.39 is 5.38 Å². The van der Waals surface area contributed by atoms with E-state index >= 15 is 0 Å². The van der Waals surface area contributed by atoms with Crippen LogP contribution in [0.3, 0.4) is 0 Å². The second kappa shape index (κ2) is 13.1. The van der Waals surface area contributed by atoms with Gasteiger partial charge in [-0.3, -0.25) is 14.8 Å². The SMILES string of the molecule is C=N/C=C\C(=C(/C)Cl)c1nc(N2CCN(C(=O)C(C)Cl)CC2)cnc1-c1ccc(OCc2cc(Cl)on2)cc1. The van der Waals surface area contributed by atoms with Crippen LogP contribution in [0.5, 0.6) is 5.75 Å². The van der Waals surface area contributed by atoms with Gasteiger partial charge in [0.25, 0.3) is 0 Å². The minimum Gasteiger partial charge on any atom is -0.487 e. The summed E-state index contributed by atoms with van der Waals surface area (Å²) < 4.78 is 10.6. The molecule has 4 rings (SSSR count). The Bertz CT molecular complexity index is 1380. The van der Waals surface area contributed by atoms with Crippen LogP contribution in [0.1, 0.15) is 25.2 Å². The first-order valence-corrected chi connectivity index (χ1v) is 13.3. The lowest BCUT2D eigenvalue weighted by atomic mass is 10.0. The van der Waals surface area contributed by atoms with Crippen molar-refractivity contribution in [2.24, 2.45) is 4.99 Å². The number of hydrogen-bond donors (Lipinski definition) is 0. The zero-order valence-corrected chi connectivity index (χ0v) is 23.7. The van der Waals surface area contributed by atoms with E-state index in [-0.39, 0.29) is 17.7 Å². The third-order valence-electron chi connectivity index (χ3n) is 6.03. The van der Waals surface area contributed by atoms with Gasteiger partial charge in [0.1, 0.15) is 34.9 Å².